The number of ether oxygens (including phenoxy) is 3. The lowest BCUT2D eigenvalue weighted by atomic mass is 10.0. The number of anilines is 1. The third-order valence-electron chi connectivity index (χ3n) is 11.5. The van der Waals surface area contributed by atoms with Gasteiger partial charge in [-0.05, 0) is 51.0 Å². The van der Waals surface area contributed by atoms with Crippen LogP contribution in [-0.4, -0.2) is 96.9 Å². The molecule has 0 aromatic carbocycles. The number of nitrogen functional groups attached to an aromatic ring is 1. The van der Waals surface area contributed by atoms with Crippen molar-refractivity contribution in [1.82, 2.24) is 9.55 Å². The lowest BCUT2D eigenvalue weighted by molar-refractivity contribution is -0.161. The van der Waals surface area contributed by atoms with Crippen LogP contribution < -0.4 is 11.4 Å². The summed E-state index contributed by atoms with van der Waals surface area (Å²) in [6.45, 7) is 2.00. The normalized spacial score (nSPS) is 20.0. The van der Waals surface area contributed by atoms with E-state index in [1.54, 1.807) is 12.2 Å². The van der Waals surface area contributed by atoms with Crippen molar-refractivity contribution < 1.29 is 71.4 Å². The van der Waals surface area contributed by atoms with Gasteiger partial charge in [-0.25, -0.2) is 13.9 Å². The van der Waals surface area contributed by atoms with Crippen molar-refractivity contribution in [3.8, 4) is 0 Å². The molecule has 1 aromatic rings. The quantitative estimate of drug-likeness (QED) is 0.0117. The first-order chi connectivity index (χ1) is 34.1. The first-order valence-corrected chi connectivity index (χ1v) is 28.7. The average Bonchev–Trinajstić information content (AvgIpc) is 3.60. The molecule has 0 spiro atoms. The van der Waals surface area contributed by atoms with Gasteiger partial charge in [-0.2, -0.15) is 9.29 Å². The molecule has 1 aromatic heterocycles. The summed E-state index contributed by atoms with van der Waals surface area (Å²) in [5.41, 5.74) is 4.58. The molecule has 71 heavy (non-hydrogen) atoms. The summed E-state index contributed by atoms with van der Waals surface area (Å²) < 4.78 is 56.7. The number of aliphatic hydroxyl groups excluding tert-OH is 3. The van der Waals surface area contributed by atoms with E-state index >= 15 is 0 Å². The number of phosphoric ester groups is 2. The number of aromatic nitrogens is 2. The van der Waals surface area contributed by atoms with Crippen molar-refractivity contribution >= 4 is 33.4 Å². The largest absolute Gasteiger partial charge is 0.481 e. The molecule has 406 valence electrons. The van der Waals surface area contributed by atoms with Crippen LogP contribution in [0.3, 0.4) is 0 Å². The summed E-state index contributed by atoms with van der Waals surface area (Å²) in [7, 11) is -10.9. The number of aliphatic hydroxyl groups is 3. The third-order valence-corrected chi connectivity index (χ3v) is 14.1. The van der Waals surface area contributed by atoms with Crippen molar-refractivity contribution in [3.63, 3.8) is 0 Å². The van der Waals surface area contributed by atoms with E-state index in [1.165, 1.54) is 83.1 Å². The number of esters is 2. The van der Waals surface area contributed by atoms with Gasteiger partial charge in [-0.15, -0.1) is 0 Å². The van der Waals surface area contributed by atoms with Crippen molar-refractivity contribution in [2.75, 3.05) is 25.6 Å². The molecule has 8 atom stereocenters. The van der Waals surface area contributed by atoms with E-state index in [1.807, 2.05) is 30.4 Å². The van der Waals surface area contributed by atoms with Gasteiger partial charge >= 0.3 is 33.3 Å². The van der Waals surface area contributed by atoms with Crippen LogP contribution in [0.1, 0.15) is 181 Å². The zero-order valence-electron chi connectivity index (χ0n) is 42.1. The fourth-order valence-electron chi connectivity index (χ4n) is 7.45. The smallest absolute Gasteiger partial charge is 0.462 e. The van der Waals surface area contributed by atoms with Gasteiger partial charge in [-0.3, -0.25) is 23.2 Å². The van der Waals surface area contributed by atoms with Crippen molar-refractivity contribution in [2.45, 2.75) is 211 Å². The van der Waals surface area contributed by atoms with Crippen LogP contribution in [-0.2, 0) is 46.3 Å². The molecule has 19 nitrogen and oxygen atoms in total. The number of unbranched alkanes of at least 4 members (excludes halogenated alkanes) is 18. The minimum Gasteiger partial charge on any atom is -0.462 e. The minimum absolute atomic E-state index is 0.0570. The van der Waals surface area contributed by atoms with Gasteiger partial charge in [0.15, 0.2) is 12.3 Å². The molecule has 0 radical (unpaired) electrons. The molecule has 1 aliphatic rings. The van der Waals surface area contributed by atoms with E-state index in [0.717, 1.165) is 49.3 Å². The molecule has 2 rings (SSSR count). The van der Waals surface area contributed by atoms with Crippen LogP contribution in [0, 0.1) is 0 Å². The number of hydrogen-bond acceptors (Lipinski definition) is 16. The number of rotatable bonds is 42. The minimum atomic E-state index is -5.45. The predicted molar refractivity (Wildman–Crippen MR) is 272 cm³/mol. The van der Waals surface area contributed by atoms with Crippen molar-refractivity contribution in [3.05, 3.63) is 71.4 Å². The van der Waals surface area contributed by atoms with Gasteiger partial charge in [-0.1, -0.05) is 165 Å². The topological polar surface area (TPSA) is 286 Å². The second-order valence-electron chi connectivity index (χ2n) is 17.9. The molecular weight excluding hydrogens is 961 g/mol. The molecular formula is C50H85N3O16P2. The SMILES string of the molecule is CCCCC/C=C\C[C@H](O)/C=C/C=C\C/C=C\CCCC(=O)O[C@H](COC(=O)CCCCCCCCCCCCCCCCC)COP(=O)(O)OP(=O)(O)OC[C@H]1O[C@@H](n2ccc(N)nc2=O)[C@H](O)[C@@H]1O. The van der Waals surface area contributed by atoms with Crippen molar-refractivity contribution in [1.29, 1.82) is 0 Å². The van der Waals surface area contributed by atoms with Crippen LogP contribution in [0.4, 0.5) is 5.82 Å². The molecule has 1 fully saturated rings. The number of carbonyl (C=O) groups is 2. The standard InChI is InChI=1S/C50H85N3O16P2/c1-3-5-7-9-11-12-13-14-15-16-17-18-22-26-30-34-45(55)64-38-42(67-46(56)35-31-27-23-20-19-21-25-29-33-41(54)32-28-24-10-8-6-4-2)39-65-70(60,61)69-71(62,63)66-40-43-47(57)48(58)49(68-43)53-37-36-44(51)52-50(53)59/h20-21,23-25,28-29,33,36-37,41-43,47-49,54,57-58H,3-19,22,26-27,30-32,34-35,38-40H2,1-2H3,(H,60,61)(H,62,63)(H2,51,52,59)/b23-20-,25-21-,28-24-,33-29+/t41-,42+,43+,47+,48+,49+/m0/s1. The van der Waals surface area contributed by atoms with E-state index in [-0.39, 0.29) is 18.7 Å². The maximum absolute atomic E-state index is 12.8. The third kappa shape index (κ3) is 31.1. The van der Waals surface area contributed by atoms with Crippen LogP contribution >= 0.6 is 15.6 Å². The van der Waals surface area contributed by atoms with Crippen LogP contribution in [0.2, 0.25) is 0 Å². The Morgan fingerprint density at radius 3 is 1.97 bits per heavy atom. The Kier molecular flexibility index (Phi) is 34.4. The van der Waals surface area contributed by atoms with E-state index in [2.05, 4.69) is 29.2 Å². The maximum atomic E-state index is 12.8. The van der Waals surface area contributed by atoms with Crippen LogP contribution in [0.15, 0.2) is 65.7 Å². The Balaban J connectivity index is 1.84. The molecule has 1 aliphatic heterocycles. The molecule has 0 aliphatic carbocycles. The highest BCUT2D eigenvalue weighted by molar-refractivity contribution is 7.61. The van der Waals surface area contributed by atoms with Gasteiger partial charge in [0.25, 0.3) is 0 Å². The summed E-state index contributed by atoms with van der Waals surface area (Å²) in [4.78, 5) is 61.9. The molecule has 1 saturated heterocycles. The second-order valence-corrected chi connectivity index (χ2v) is 20.9. The van der Waals surface area contributed by atoms with E-state index in [9.17, 15) is 48.6 Å². The predicted octanol–water partition coefficient (Wildman–Crippen LogP) is 9.53. The Morgan fingerprint density at radius 1 is 0.746 bits per heavy atom. The number of carbonyl (C=O) groups excluding carboxylic acids is 2. The Labute approximate surface area is 421 Å². The molecule has 2 unspecified atom stereocenters. The van der Waals surface area contributed by atoms with E-state index in [4.69, 9.17) is 29.0 Å². The maximum Gasteiger partial charge on any atom is 0.481 e. The summed E-state index contributed by atoms with van der Waals surface area (Å²) in [5, 5.41) is 31.0. The molecule has 0 bridgehead atoms. The number of phosphoric acid groups is 2. The van der Waals surface area contributed by atoms with Crippen molar-refractivity contribution in [2.24, 2.45) is 0 Å². The number of nitrogens with two attached hydrogens (primary N) is 1. The first-order valence-electron chi connectivity index (χ1n) is 25.8. The average molecular weight is 1050 g/mol. The fourth-order valence-corrected chi connectivity index (χ4v) is 9.56. The van der Waals surface area contributed by atoms with Gasteiger partial charge in [0.2, 0.25) is 0 Å². The Bertz CT molecular complexity index is 1890. The van der Waals surface area contributed by atoms with Gasteiger partial charge < -0.3 is 45.1 Å². The lowest BCUT2D eigenvalue weighted by Gasteiger charge is -2.21. The van der Waals surface area contributed by atoms with E-state index < -0.39 is 89.8 Å². The van der Waals surface area contributed by atoms with Gasteiger partial charge in [0, 0.05) is 19.0 Å². The number of allylic oxidation sites excluding steroid dienone is 6. The summed E-state index contributed by atoms with van der Waals surface area (Å²) >= 11 is 0. The summed E-state index contributed by atoms with van der Waals surface area (Å²) in [6.07, 6.45) is 32.2. The molecule has 0 amide bonds. The van der Waals surface area contributed by atoms with E-state index in [0.29, 0.717) is 32.1 Å². The lowest BCUT2D eigenvalue weighted by Crippen LogP contribution is -2.36. The number of nitrogens with zero attached hydrogens (tertiary/aromatic N) is 2. The second kappa shape index (κ2) is 38.3. The molecule has 21 heteroatoms. The molecule has 7 N–H and O–H groups in total. The zero-order chi connectivity index (χ0) is 52.2. The fraction of sp³-hybridized carbons (Fsp3) is 0.720. The highest BCUT2D eigenvalue weighted by Gasteiger charge is 2.46. The van der Waals surface area contributed by atoms with Gasteiger partial charge in [0.05, 0.1) is 19.3 Å². The highest BCUT2D eigenvalue weighted by Crippen LogP contribution is 2.60. The monoisotopic (exact) mass is 1050 g/mol. The van der Waals surface area contributed by atoms with Gasteiger partial charge in [0.1, 0.15) is 30.7 Å². The zero-order valence-corrected chi connectivity index (χ0v) is 43.9. The first kappa shape index (κ1) is 63.8. The molecule has 0 saturated carbocycles. The summed E-state index contributed by atoms with van der Waals surface area (Å²) in [6, 6.07) is 1.24. The highest BCUT2D eigenvalue weighted by atomic mass is 31.3. The molecule has 2 heterocycles. The van der Waals surface area contributed by atoms with Crippen LogP contribution in [0.25, 0.3) is 0 Å². The number of hydrogen-bond donors (Lipinski definition) is 6. The summed E-state index contributed by atoms with van der Waals surface area (Å²) in [5.74, 6) is -1.40. The Morgan fingerprint density at radius 2 is 1.32 bits per heavy atom. The van der Waals surface area contributed by atoms with Crippen LogP contribution in [0.5, 0.6) is 0 Å². The Hall–Kier alpha value is -3.32.